The van der Waals surface area contributed by atoms with Crippen LogP contribution in [-0.2, 0) is 4.74 Å². The molecule has 0 aliphatic carbocycles. The van der Waals surface area contributed by atoms with E-state index in [9.17, 15) is 9.59 Å². The molecule has 29 heavy (non-hydrogen) atoms. The predicted octanol–water partition coefficient (Wildman–Crippen LogP) is 3.62. The number of ether oxygens (including phenoxy) is 2. The highest BCUT2D eigenvalue weighted by Gasteiger charge is 2.36. The molecule has 6 heteroatoms. The van der Waals surface area contributed by atoms with Gasteiger partial charge in [0.2, 0.25) is 0 Å². The van der Waals surface area contributed by atoms with Gasteiger partial charge in [-0.1, -0.05) is 42.5 Å². The fourth-order valence-electron chi connectivity index (χ4n) is 4.17. The van der Waals surface area contributed by atoms with Gasteiger partial charge in [0.25, 0.3) is 0 Å². The fraction of sp³-hybridized carbons (Fsp3) is 0.391. The summed E-state index contributed by atoms with van der Waals surface area (Å²) in [7, 11) is 1.60. The Morgan fingerprint density at radius 2 is 1.76 bits per heavy atom. The first kappa shape index (κ1) is 19.5. The zero-order valence-corrected chi connectivity index (χ0v) is 16.6. The molecule has 152 valence electrons. The molecule has 0 saturated carbocycles. The number of hydrogen-bond donors (Lipinski definition) is 0. The molecule has 1 atom stereocenters. The lowest BCUT2D eigenvalue weighted by molar-refractivity contribution is 0.0750. The van der Waals surface area contributed by atoms with Gasteiger partial charge in [-0.15, -0.1) is 0 Å². The van der Waals surface area contributed by atoms with Crippen LogP contribution in [0.3, 0.4) is 0 Å². The lowest BCUT2D eigenvalue weighted by Gasteiger charge is -2.32. The molecule has 0 bridgehead atoms. The molecule has 2 heterocycles. The second-order valence-corrected chi connectivity index (χ2v) is 7.59. The normalized spacial score (nSPS) is 20.5. The van der Waals surface area contributed by atoms with Gasteiger partial charge in [-0.2, -0.15) is 0 Å². The number of amides is 1. The van der Waals surface area contributed by atoms with Crippen LogP contribution in [0.25, 0.3) is 0 Å². The van der Waals surface area contributed by atoms with Gasteiger partial charge in [0.05, 0.1) is 19.3 Å². The first-order chi connectivity index (χ1) is 14.2. The van der Waals surface area contributed by atoms with Crippen LogP contribution < -0.4 is 9.64 Å². The van der Waals surface area contributed by atoms with Crippen molar-refractivity contribution in [2.75, 3.05) is 38.2 Å². The van der Waals surface area contributed by atoms with Crippen molar-refractivity contribution >= 4 is 17.6 Å². The molecule has 0 spiro atoms. The minimum atomic E-state index is -0.339. The highest BCUT2D eigenvalue weighted by molar-refractivity contribution is 5.97. The molecule has 6 nitrogen and oxygen atoms in total. The molecule has 1 amide bonds. The summed E-state index contributed by atoms with van der Waals surface area (Å²) >= 11 is 0. The van der Waals surface area contributed by atoms with Crippen molar-refractivity contribution in [2.45, 2.75) is 18.9 Å². The number of para-hydroxylation sites is 2. The number of anilines is 1. The Kier molecular flexibility index (Phi) is 5.81. The smallest absolute Gasteiger partial charge is 0.414 e. The second kappa shape index (κ2) is 8.66. The number of methoxy groups -OCH3 is 1. The Balaban J connectivity index is 1.31. The van der Waals surface area contributed by atoms with E-state index < -0.39 is 0 Å². The third-order valence-electron chi connectivity index (χ3n) is 5.73. The van der Waals surface area contributed by atoms with Crippen molar-refractivity contribution in [1.29, 1.82) is 0 Å². The molecule has 0 aromatic heterocycles. The summed E-state index contributed by atoms with van der Waals surface area (Å²) < 4.78 is 11.0. The first-order valence-corrected chi connectivity index (χ1v) is 10.1. The SMILES string of the molecule is COc1ccccc1N1CC(CN2CCC(C(=O)c3ccccc3)CC2)OC1=O. The van der Waals surface area contributed by atoms with Gasteiger partial charge >= 0.3 is 6.09 Å². The number of nitrogens with zero attached hydrogens (tertiary/aromatic N) is 2. The highest BCUT2D eigenvalue weighted by Crippen LogP contribution is 2.31. The molecule has 2 fully saturated rings. The third-order valence-corrected chi connectivity index (χ3v) is 5.73. The second-order valence-electron chi connectivity index (χ2n) is 7.59. The van der Waals surface area contributed by atoms with Crippen molar-refractivity contribution < 1.29 is 19.1 Å². The van der Waals surface area contributed by atoms with E-state index in [4.69, 9.17) is 9.47 Å². The number of piperidine rings is 1. The summed E-state index contributed by atoms with van der Waals surface area (Å²) in [6.07, 6.45) is 1.15. The van der Waals surface area contributed by atoms with Crippen LogP contribution in [0, 0.1) is 5.92 Å². The Morgan fingerprint density at radius 3 is 2.48 bits per heavy atom. The number of ketones is 1. The first-order valence-electron chi connectivity index (χ1n) is 10.1. The molecular formula is C23H26N2O4. The van der Waals surface area contributed by atoms with Crippen LogP contribution in [0.4, 0.5) is 10.5 Å². The summed E-state index contributed by atoms with van der Waals surface area (Å²) in [6.45, 7) is 2.86. The van der Waals surface area contributed by atoms with Gasteiger partial charge in [0, 0.05) is 18.0 Å². The van der Waals surface area contributed by atoms with Crippen molar-refractivity contribution in [3.8, 4) is 5.75 Å². The predicted molar refractivity (Wildman–Crippen MR) is 111 cm³/mol. The van der Waals surface area contributed by atoms with Crippen LogP contribution >= 0.6 is 0 Å². The molecule has 4 rings (SSSR count). The lowest BCUT2D eigenvalue weighted by Crippen LogP contribution is -2.41. The Labute approximate surface area is 171 Å². The third kappa shape index (κ3) is 4.27. The number of Topliss-reactive ketones (excluding diaryl/α,β-unsaturated/α-hetero) is 1. The molecule has 2 aliphatic rings. The van der Waals surface area contributed by atoms with E-state index in [-0.39, 0.29) is 23.9 Å². The summed E-state index contributed by atoms with van der Waals surface area (Å²) in [5.74, 6) is 0.968. The largest absolute Gasteiger partial charge is 0.495 e. The van der Waals surface area contributed by atoms with Gasteiger partial charge < -0.3 is 9.47 Å². The van der Waals surface area contributed by atoms with E-state index in [1.54, 1.807) is 12.0 Å². The number of carbonyl (C=O) groups excluding carboxylic acids is 2. The standard InChI is InChI=1S/C23H26N2O4/c1-28-21-10-6-5-9-20(21)25-16-19(29-23(25)27)15-24-13-11-18(12-14-24)22(26)17-7-3-2-4-8-17/h2-10,18-19H,11-16H2,1H3. The Bertz CT molecular complexity index is 862. The highest BCUT2D eigenvalue weighted by atomic mass is 16.6. The number of likely N-dealkylation sites (tertiary alicyclic amines) is 1. The van der Waals surface area contributed by atoms with Gasteiger partial charge in [-0.3, -0.25) is 14.6 Å². The molecule has 2 aromatic rings. The fourth-order valence-corrected chi connectivity index (χ4v) is 4.17. The average Bonchev–Trinajstić information content (AvgIpc) is 3.14. The number of hydrogen-bond acceptors (Lipinski definition) is 5. The van der Waals surface area contributed by atoms with E-state index in [0.29, 0.717) is 18.8 Å². The van der Waals surface area contributed by atoms with Crippen molar-refractivity contribution in [1.82, 2.24) is 4.90 Å². The van der Waals surface area contributed by atoms with Crippen molar-refractivity contribution in [3.63, 3.8) is 0 Å². The maximum atomic E-state index is 12.6. The van der Waals surface area contributed by atoms with Crippen LogP contribution in [0.2, 0.25) is 0 Å². The van der Waals surface area contributed by atoms with Crippen molar-refractivity contribution in [2.24, 2.45) is 5.92 Å². The summed E-state index contributed by atoms with van der Waals surface area (Å²) in [5, 5.41) is 0. The van der Waals surface area contributed by atoms with Gasteiger partial charge in [-0.05, 0) is 38.1 Å². The molecule has 2 aromatic carbocycles. The quantitative estimate of drug-likeness (QED) is 0.701. The lowest BCUT2D eigenvalue weighted by atomic mass is 9.89. The zero-order chi connectivity index (χ0) is 20.2. The minimum absolute atomic E-state index is 0.0739. The maximum absolute atomic E-state index is 12.6. The van der Waals surface area contributed by atoms with Gasteiger partial charge in [0.15, 0.2) is 5.78 Å². The van der Waals surface area contributed by atoms with E-state index in [0.717, 1.165) is 37.2 Å². The minimum Gasteiger partial charge on any atom is -0.495 e. The molecule has 0 N–H and O–H groups in total. The van der Waals surface area contributed by atoms with Crippen molar-refractivity contribution in [3.05, 3.63) is 60.2 Å². The Morgan fingerprint density at radius 1 is 1.07 bits per heavy atom. The average molecular weight is 394 g/mol. The monoisotopic (exact) mass is 394 g/mol. The molecular weight excluding hydrogens is 368 g/mol. The number of cyclic esters (lactones) is 1. The molecule has 0 radical (unpaired) electrons. The summed E-state index contributed by atoms with van der Waals surface area (Å²) in [5.41, 5.74) is 1.53. The molecule has 1 unspecified atom stereocenters. The Hall–Kier alpha value is -2.86. The van der Waals surface area contributed by atoms with E-state index >= 15 is 0 Å². The molecule has 2 saturated heterocycles. The van der Waals surface area contributed by atoms with E-state index in [1.807, 2.05) is 54.6 Å². The number of benzene rings is 2. The topological polar surface area (TPSA) is 59.1 Å². The van der Waals surface area contributed by atoms with Crippen LogP contribution in [-0.4, -0.2) is 56.2 Å². The van der Waals surface area contributed by atoms with Crippen LogP contribution in [0.15, 0.2) is 54.6 Å². The zero-order valence-electron chi connectivity index (χ0n) is 16.6. The van der Waals surface area contributed by atoms with Crippen LogP contribution in [0.5, 0.6) is 5.75 Å². The summed E-state index contributed by atoms with van der Waals surface area (Å²) in [6, 6.07) is 17.0. The van der Waals surface area contributed by atoms with E-state index in [1.165, 1.54) is 0 Å². The van der Waals surface area contributed by atoms with Crippen LogP contribution in [0.1, 0.15) is 23.2 Å². The summed E-state index contributed by atoms with van der Waals surface area (Å²) in [4.78, 5) is 29.0. The van der Waals surface area contributed by atoms with Gasteiger partial charge in [0.1, 0.15) is 11.9 Å². The number of rotatable bonds is 6. The number of carbonyl (C=O) groups is 2. The van der Waals surface area contributed by atoms with E-state index in [2.05, 4.69) is 4.90 Å². The van der Waals surface area contributed by atoms with Gasteiger partial charge in [-0.25, -0.2) is 4.79 Å². The molecule has 2 aliphatic heterocycles. The maximum Gasteiger partial charge on any atom is 0.414 e.